The Kier molecular flexibility index (Phi) is 3.81. The van der Waals surface area contributed by atoms with Gasteiger partial charge in [-0.3, -0.25) is 4.40 Å². The normalized spacial score (nSPS) is 11.4. The Balaban J connectivity index is 2.25. The predicted octanol–water partition coefficient (Wildman–Crippen LogP) is 2.84. The third-order valence-electron chi connectivity index (χ3n) is 3.31. The van der Waals surface area contributed by atoms with Crippen LogP contribution in [0.5, 0.6) is 0 Å². The quantitative estimate of drug-likeness (QED) is 0.678. The van der Waals surface area contributed by atoms with Crippen LogP contribution in [0.4, 0.5) is 0 Å². The summed E-state index contributed by atoms with van der Waals surface area (Å²) in [5.41, 5.74) is 4.23. The maximum atomic E-state index is 10.7. The molecule has 5 heteroatoms. The number of aromatic nitrogens is 2. The molecular weight excluding hydrogens is 344 g/mol. The number of carbonyl (C=O) groups excluding carboxylic acids is 1. The molecule has 2 heterocycles. The molecule has 0 atom stereocenters. The van der Waals surface area contributed by atoms with E-state index in [0.717, 1.165) is 33.0 Å². The monoisotopic (exact) mass is 355 g/mol. The lowest BCUT2D eigenvalue weighted by molar-refractivity contribution is -0.297. The number of benzene rings is 1. The standard InChI is InChI=1S/C17H13BrN2O2/c1-11-8-9-20-14(6-7-16(21)22)17(19-15(20)10-11)12-2-4-13(18)5-3-12/h2-10H,1H3,(H,21,22)/p-1/b7-6+. The molecule has 0 unspecified atom stereocenters. The van der Waals surface area contributed by atoms with Crippen LogP contribution in [-0.2, 0) is 4.79 Å². The third kappa shape index (κ3) is 2.80. The number of hydrogen-bond acceptors (Lipinski definition) is 3. The van der Waals surface area contributed by atoms with Crippen LogP contribution in [0.25, 0.3) is 23.0 Å². The van der Waals surface area contributed by atoms with Crippen molar-refractivity contribution < 1.29 is 9.90 Å². The van der Waals surface area contributed by atoms with Gasteiger partial charge >= 0.3 is 0 Å². The van der Waals surface area contributed by atoms with Crippen LogP contribution in [0.3, 0.4) is 0 Å². The molecule has 3 aromatic rings. The van der Waals surface area contributed by atoms with E-state index in [1.807, 2.05) is 53.9 Å². The van der Waals surface area contributed by atoms with Crippen molar-refractivity contribution in [2.45, 2.75) is 6.92 Å². The Morgan fingerprint density at radius 3 is 2.68 bits per heavy atom. The fourth-order valence-electron chi connectivity index (χ4n) is 2.29. The first kappa shape index (κ1) is 14.5. The molecule has 0 aliphatic carbocycles. The minimum Gasteiger partial charge on any atom is -0.545 e. The van der Waals surface area contributed by atoms with Crippen LogP contribution < -0.4 is 5.11 Å². The molecule has 3 rings (SSSR count). The van der Waals surface area contributed by atoms with Crippen LogP contribution in [0.1, 0.15) is 11.3 Å². The molecule has 0 aliphatic rings. The fraction of sp³-hybridized carbons (Fsp3) is 0.0588. The number of rotatable bonds is 3. The zero-order chi connectivity index (χ0) is 15.7. The van der Waals surface area contributed by atoms with Crippen molar-refractivity contribution in [3.8, 4) is 11.3 Å². The highest BCUT2D eigenvalue weighted by Gasteiger charge is 2.12. The molecule has 0 radical (unpaired) electrons. The predicted molar refractivity (Wildman–Crippen MR) is 87.1 cm³/mol. The molecule has 1 aromatic carbocycles. The van der Waals surface area contributed by atoms with Crippen molar-refractivity contribution in [1.82, 2.24) is 9.38 Å². The molecule has 0 bridgehead atoms. The number of pyridine rings is 1. The highest BCUT2D eigenvalue weighted by molar-refractivity contribution is 9.10. The second-order valence-electron chi connectivity index (χ2n) is 4.94. The summed E-state index contributed by atoms with van der Waals surface area (Å²) in [6.07, 6.45) is 4.42. The van der Waals surface area contributed by atoms with Gasteiger partial charge in [-0.2, -0.15) is 0 Å². The Labute approximate surface area is 135 Å². The van der Waals surface area contributed by atoms with E-state index in [0.29, 0.717) is 5.69 Å². The number of nitrogens with zero attached hydrogens (tertiary/aromatic N) is 2. The fourth-order valence-corrected chi connectivity index (χ4v) is 2.56. The molecule has 4 nitrogen and oxygen atoms in total. The topological polar surface area (TPSA) is 57.4 Å². The molecule has 0 aliphatic heterocycles. The molecule has 0 saturated carbocycles. The number of carboxylic acid groups (broad SMARTS) is 1. The molecule has 0 spiro atoms. The van der Waals surface area contributed by atoms with Gasteiger partial charge in [0, 0.05) is 16.2 Å². The third-order valence-corrected chi connectivity index (χ3v) is 3.84. The maximum absolute atomic E-state index is 10.7. The Hall–Kier alpha value is -2.40. The van der Waals surface area contributed by atoms with E-state index in [-0.39, 0.29) is 0 Å². The van der Waals surface area contributed by atoms with E-state index in [1.54, 1.807) is 0 Å². The van der Waals surface area contributed by atoms with Crippen molar-refractivity contribution in [2.24, 2.45) is 0 Å². The lowest BCUT2D eigenvalue weighted by atomic mass is 10.1. The second kappa shape index (κ2) is 5.77. The maximum Gasteiger partial charge on any atom is 0.138 e. The van der Waals surface area contributed by atoms with E-state index in [2.05, 4.69) is 20.9 Å². The van der Waals surface area contributed by atoms with E-state index < -0.39 is 5.97 Å². The van der Waals surface area contributed by atoms with Gasteiger partial charge in [-0.05, 0) is 48.9 Å². The Bertz CT molecular complexity index is 880. The first-order valence-electron chi connectivity index (χ1n) is 6.68. The Morgan fingerprint density at radius 2 is 2.00 bits per heavy atom. The molecule has 0 N–H and O–H groups in total. The summed E-state index contributed by atoms with van der Waals surface area (Å²) in [6, 6.07) is 11.6. The van der Waals surface area contributed by atoms with Gasteiger partial charge in [0.25, 0.3) is 0 Å². The smallest absolute Gasteiger partial charge is 0.138 e. The van der Waals surface area contributed by atoms with Crippen molar-refractivity contribution in [1.29, 1.82) is 0 Å². The highest BCUT2D eigenvalue weighted by Crippen LogP contribution is 2.27. The van der Waals surface area contributed by atoms with Gasteiger partial charge in [-0.1, -0.05) is 28.1 Å². The van der Waals surface area contributed by atoms with E-state index in [1.165, 1.54) is 6.08 Å². The molecule has 0 fully saturated rings. The first-order chi connectivity index (χ1) is 10.5. The van der Waals surface area contributed by atoms with Gasteiger partial charge < -0.3 is 9.90 Å². The second-order valence-corrected chi connectivity index (χ2v) is 5.85. The van der Waals surface area contributed by atoms with Crippen molar-refractivity contribution in [2.75, 3.05) is 0 Å². The van der Waals surface area contributed by atoms with Gasteiger partial charge in [0.05, 0.1) is 17.4 Å². The van der Waals surface area contributed by atoms with Crippen LogP contribution in [0.2, 0.25) is 0 Å². The minimum atomic E-state index is -1.23. The van der Waals surface area contributed by atoms with Crippen LogP contribution in [0, 0.1) is 6.92 Å². The molecule has 110 valence electrons. The van der Waals surface area contributed by atoms with Gasteiger partial charge in [0.15, 0.2) is 0 Å². The first-order valence-corrected chi connectivity index (χ1v) is 7.47. The number of imidazole rings is 1. The zero-order valence-corrected chi connectivity index (χ0v) is 13.4. The lowest BCUT2D eigenvalue weighted by Gasteiger charge is -2.02. The van der Waals surface area contributed by atoms with Gasteiger partial charge in [0.1, 0.15) is 5.65 Å². The molecule has 0 amide bonds. The van der Waals surface area contributed by atoms with Crippen LogP contribution in [-0.4, -0.2) is 15.4 Å². The van der Waals surface area contributed by atoms with Crippen molar-refractivity contribution in [3.63, 3.8) is 0 Å². The lowest BCUT2D eigenvalue weighted by Crippen LogP contribution is -2.18. The summed E-state index contributed by atoms with van der Waals surface area (Å²) < 4.78 is 2.84. The van der Waals surface area contributed by atoms with Crippen molar-refractivity contribution >= 4 is 33.6 Å². The van der Waals surface area contributed by atoms with E-state index >= 15 is 0 Å². The number of carbonyl (C=O) groups is 1. The summed E-state index contributed by atoms with van der Waals surface area (Å²) in [7, 11) is 0. The summed E-state index contributed by atoms with van der Waals surface area (Å²) in [5.74, 6) is -1.23. The number of aliphatic carboxylic acids is 1. The largest absolute Gasteiger partial charge is 0.545 e. The number of halogens is 1. The number of aryl methyl sites for hydroxylation is 1. The zero-order valence-electron chi connectivity index (χ0n) is 11.8. The van der Waals surface area contributed by atoms with Gasteiger partial charge in [0.2, 0.25) is 0 Å². The SMILES string of the molecule is Cc1ccn2c(/C=C/C(=O)[O-])c(-c3ccc(Br)cc3)nc2c1. The number of hydrogen-bond donors (Lipinski definition) is 0. The summed E-state index contributed by atoms with van der Waals surface area (Å²) in [4.78, 5) is 15.4. The molecule has 0 saturated heterocycles. The summed E-state index contributed by atoms with van der Waals surface area (Å²) >= 11 is 3.40. The van der Waals surface area contributed by atoms with Crippen LogP contribution in [0.15, 0.2) is 53.1 Å². The molecule has 22 heavy (non-hydrogen) atoms. The molecule has 2 aromatic heterocycles. The van der Waals surface area contributed by atoms with E-state index in [9.17, 15) is 9.90 Å². The average molecular weight is 356 g/mol. The number of fused-ring (bicyclic) bond motifs is 1. The highest BCUT2D eigenvalue weighted by atomic mass is 79.9. The average Bonchev–Trinajstić information content (AvgIpc) is 2.83. The van der Waals surface area contributed by atoms with Crippen molar-refractivity contribution in [3.05, 3.63) is 64.4 Å². The van der Waals surface area contributed by atoms with Crippen LogP contribution >= 0.6 is 15.9 Å². The molecular formula is C17H12BrN2O2-. The van der Waals surface area contributed by atoms with Gasteiger partial charge in [-0.25, -0.2) is 4.98 Å². The van der Waals surface area contributed by atoms with E-state index in [4.69, 9.17) is 0 Å². The summed E-state index contributed by atoms with van der Waals surface area (Å²) in [6.45, 7) is 1.99. The Morgan fingerprint density at radius 1 is 1.27 bits per heavy atom. The minimum absolute atomic E-state index is 0.710. The van der Waals surface area contributed by atoms with Gasteiger partial charge in [-0.15, -0.1) is 0 Å². The number of carboxylic acids is 1. The summed E-state index contributed by atoms with van der Waals surface area (Å²) in [5, 5.41) is 10.7.